The zero-order valence-corrected chi connectivity index (χ0v) is 24.8. The van der Waals surface area contributed by atoms with Gasteiger partial charge in [-0.15, -0.1) is 0 Å². The van der Waals surface area contributed by atoms with Crippen LogP contribution < -0.4 is 9.64 Å². The Balaban J connectivity index is 1.52. The smallest absolute Gasteiger partial charge is 0.271 e. The van der Waals surface area contributed by atoms with E-state index in [1.807, 2.05) is 103 Å². The molecule has 4 aromatic rings. The number of amidine groups is 1. The Morgan fingerprint density at radius 2 is 1.51 bits per heavy atom. The van der Waals surface area contributed by atoms with Crippen LogP contribution in [0.3, 0.4) is 0 Å². The van der Waals surface area contributed by atoms with E-state index in [0.717, 1.165) is 35.9 Å². The Labute approximate surface area is 244 Å². The molecule has 1 aliphatic rings. The van der Waals surface area contributed by atoms with Gasteiger partial charge in [-0.2, -0.15) is 0 Å². The van der Waals surface area contributed by atoms with Crippen LogP contribution >= 0.6 is 59.6 Å². The number of hydrogen-bond acceptors (Lipinski definition) is 4. The summed E-state index contributed by atoms with van der Waals surface area (Å²) in [5.41, 5.74) is 3.36. The van der Waals surface area contributed by atoms with E-state index in [2.05, 4.69) is 47.8 Å². The topological polar surface area (TPSA) is 41.9 Å². The van der Waals surface area contributed by atoms with Crippen molar-refractivity contribution in [1.29, 1.82) is 0 Å². The summed E-state index contributed by atoms with van der Waals surface area (Å²) in [5.74, 6) is 0.521. The third-order valence-electron chi connectivity index (χ3n) is 5.42. The number of nitrogens with zero attached hydrogens (tertiary/aromatic N) is 2. The largest absolute Gasteiger partial charge is 0.487 e. The molecule has 184 valence electrons. The van der Waals surface area contributed by atoms with Crippen LogP contribution in [-0.2, 0) is 11.4 Å². The SMILES string of the molecule is O=C1/C(=C\c2cc(Br)cc(Br)c2OCc2ccc(Br)cc2)SC(=Nc2ccccc2)N1c1ccccc1. The summed E-state index contributed by atoms with van der Waals surface area (Å²) in [5, 5.41) is 0.597. The number of hydrogen-bond donors (Lipinski definition) is 0. The lowest BCUT2D eigenvalue weighted by molar-refractivity contribution is -0.113. The van der Waals surface area contributed by atoms with Crippen LogP contribution in [-0.4, -0.2) is 11.1 Å². The number of carbonyl (C=O) groups excluding carboxylic acids is 1. The first-order valence-corrected chi connectivity index (χ1v) is 14.5. The minimum absolute atomic E-state index is 0.138. The average molecular weight is 699 g/mol. The number of para-hydroxylation sites is 2. The molecule has 0 aromatic heterocycles. The molecule has 0 N–H and O–H groups in total. The molecular formula is C29H19Br3N2O2S. The fraction of sp³-hybridized carbons (Fsp3) is 0.0345. The number of rotatable bonds is 6. The van der Waals surface area contributed by atoms with Gasteiger partial charge in [-0.25, -0.2) is 4.99 Å². The fourth-order valence-corrected chi connectivity index (χ4v) is 6.31. The molecule has 1 heterocycles. The Morgan fingerprint density at radius 3 is 2.22 bits per heavy atom. The Kier molecular flexibility index (Phi) is 8.30. The number of ether oxygens (including phenoxy) is 1. The van der Waals surface area contributed by atoms with E-state index in [1.54, 1.807) is 4.90 Å². The maximum absolute atomic E-state index is 13.7. The molecule has 1 saturated heterocycles. The molecular weight excluding hydrogens is 680 g/mol. The molecule has 0 saturated carbocycles. The molecule has 1 aliphatic heterocycles. The van der Waals surface area contributed by atoms with Gasteiger partial charge >= 0.3 is 0 Å². The molecule has 37 heavy (non-hydrogen) atoms. The molecule has 5 rings (SSSR count). The highest BCUT2D eigenvalue weighted by molar-refractivity contribution is 9.11. The van der Waals surface area contributed by atoms with Crippen molar-refractivity contribution in [2.45, 2.75) is 6.61 Å². The van der Waals surface area contributed by atoms with Crippen molar-refractivity contribution in [3.63, 3.8) is 0 Å². The molecule has 0 spiro atoms. The van der Waals surface area contributed by atoms with Crippen molar-refractivity contribution in [3.8, 4) is 5.75 Å². The molecule has 1 fully saturated rings. The quantitative estimate of drug-likeness (QED) is 0.189. The van der Waals surface area contributed by atoms with E-state index in [1.165, 1.54) is 11.8 Å². The number of thioether (sulfide) groups is 1. The van der Waals surface area contributed by atoms with Gasteiger partial charge in [0.15, 0.2) is 5.17 Å². The Bertz CT molecular complexity index is 1490. The van der Waals surface area contributed by atoms with Gasteiger partial charge in [-0.05, 0) is 87.9 Å². The number of benzene rings is 4. The lowest BCUT2D eigenvalue weighted by Crippen LogP contribution is -2.28. The third kappa shape index (κ3) is 6.26. The minimum Gasteiger partial charge on any atom is -0.487 e. The average Bonchev–Trinajstić information content (AvgIpc) is 3.19. The summed E-state index contributed by atoms with van der Waals surface area (Å²) >= 11 is 12.0. The predicted octanol–water partition coefficient (Wildman–Crippen LogP) is 9.36. The van der Waals surface area contributed by atoms with E-state index in [0.29, 0.717) is 22.4 Å². The van der Waals surface area contributed by atoms with Crippen molar-refractivity contribution in [2.75, 3.05) is 4.90 Å². The maximum atomic E-state index is 13.7. The highest BCUT2D eigenvalue weighted by atomic mass is 79.9. The van der Waals surface area contributed by atoms with Crippen LogP contribution in [0.4, 0.5) is 11.4 Å². The van der Waals surface area contributed by atoms with Crippen LogP contribution in [0.2, 0.25) is 0 Å². The molecule has 0 bridgehead atoms. The van der Waals surface area contributed by atoms with E-state index in [-0.39, 0.29) is 5.91 Å². The first-order chi connectivity index (χ1) is 18.0. The molecule has 4 aromatic carbocycles. The summed E-state index contributed by atoms with van der Waals surface area (Å²) < 4.78 is 8.91. The van der Waals surface area contributed by atoms with E-state index >= 15 is 0 Å². The lowest BCUT2D eigenvalue weighted by atomic mass is 10.1. The van der Waals surface area contributed by atoms with Crippen molar-refractivity contribution < 1.29 is 9.53 Å². The standard InChI is InChI=1S/C29H19Br3N2O2S/c30-21-13-11-19(12-14-21)18-36-27-20(15-22(31)17-25(27)32)16-26-28(35)34(24-9-5-2-6-10-24)29(37-26)33-23-7-3-1-4-8-23/h1-17H,18H2/b26-16+,33-29?. The first-order valence-electron chi connectivity index (χ1n) is 11.3. The number of aliphatic imine (C=N–C) groups is 1. The predicted molar refractivity (Wildman–Crippen MR) is 163 cm³/mol. The summed E-state index contributed by atoms with van der Waals surface area (Å²) in [6.45, 7) is 0.391. The van der Waals surface area contributed by atoms with Gasteiger partial charge in [0, 0.05) is 14.5 Å². The molecule has 0 aliphatic carbocycles. The van der Waals surface area contributed by atoms with Crippen LogP contribution in [0, 0.1) is 0 Å². The molecule has 0 unspecified atom stereocenters. The van der Waals surface area contributed by atoms with Crippen LogP contribution in [0.25, 0.3) is 6.08 Å². The third-order valence-corrected chi connectivity index (χ3v) is 7.97. The van der Waals surface area contributed by atoms with Gasteiger partial charge in [0.2, 0.25) is 0 Å². The van der Waals surface area contributed by atoms with E-state index < -0.39 is 0 Å². The summed E-state index contributed by atoms with van der Waals surface area (Å²) in [4.78, 5) is 20.7. The number of carbonyl (C=O) groups is 1. The number of amides is 1. The summed E-state index contributed by atoms with van der Waals surface area (Å²) in [6.07, 6.45) is 1.86. The second-order valence-corrected chi connectivity index (χ2v) is 11.7. The summed E-state index contributed by atoms with van der Waals surface area (Å²) in [6, 6.07) is 31.1. The van der Waals surface area contributed by atoms with Crippen LogP contribution in [0.5, 0.6) is 5.75 Å². The van der Waals surface area contributed by atoms with Crippen molar-refractivity contribution in [2.24, 2.45) is 4.99 Å². The highest BCUT2D eigenvalue weighted by Gasteiger charge is 2.35. The van der Waals surface area contributed by atoms with Crippen LogP contribution in [0.15, 0.2) is 120 Å². The zero-order valence-electron chi connectivity index (χ0n) is 19.3. The monoisotopic (exact) mass is 696 g/mol. The van der Waals surface area contributed by atoms with Crippen molar-refractivity contribution >= 4 is 88.1 Å². The normalized spacial score (nSPS) is 15.5. The zero-order chi connectivity index (χ0) is 25.8. The van der Waals surface area contributed by atoms with Gasteiger partial charge in [0.1, 0.15) is 12.4 Å². The fourth-order valence-electron chi connectivity index (χ4n) is 3.68. The second kappa shape index (κ2) is 11.8. The van der Waals surface area contributed by atoms with Gasteiger partial charge in [-0.1, -0.05) is 80.4 Å². The van der Waals surface area contributed by atoms with Gasteiger partial charge in [0.05, 0.1) is 20.8 Å². The van der Waals surface area contributed by atoms with Crippen molar-refractivity contribution in [1.82, 2.24) is 0 Å². The summed E-state index contributed by atoms with van der Waals surface area (Å²) in [7, 11) is 0. The van der Waals surface area contributed by atoms with E-state index in [9.17, 15) is 4.79 Å². The molecule has 0 atom stereocenters. The molecule has 4 nitrogen and oxygen atoms in total. The minimum atomic E-state index is -0.138. The van der Waals surface area contributed by atoms with Gasteiger partial charge in [0.25, 0.3) is 5.91 Å². The Morgan fingerprint density at radius 1 is 0.838 bits per heavy atom. The molecule has 1 amide bonds. The van der Waals surface area contributed by atoms with Gasteiger partial charge < -0.3 is 4.74 Å². The van der Waals surface area contributed by atoms with Crippen molar-refractivity contribution in [3.05, 3.63) is 127 Å². The number of anilines is 1. The van der Waals surface area contributed by atoms with E-state index in [4.69, 9.17) is 9.73 Å². The Hall–Kier alpha value is -2.65. The molecule has 8 heteroatoms. The number of halogens is 3. The first kappa shape index (κ1) is 26.0. The lowest BCUT2D eigenvalue weighted by Gasteiger charge is -2.15. The maximum Gasteiger partial charge on any atom is 0.271 e. The van der Waals surface area contributed by atoms with Crippen LogP contribution in [0.1, 0.15) is 11.1 Å². The van der Waals surface area contributed by atoms with Gasteiger partial charge in [-0.3, -0.25) is 9.69 Å². The highest BCUT2D eigenvalue weighted by Crippen LogP contribution is 2.40. The molecule has 0 radical (unpaired) electrons. The second-order valence-electron chi connectivity index (χ2n) is 8.04.